The zero-order chi connectivity index (χ0) is 13.2. The van der Waals surface area contributed by atoms with Gasteiger partial charge in [-0.3, -0.25) is 4.57 Å². The van der Waals surface area contributed by atoms with Crippen LogP contribution in [0.4, 0.5) is 5.82 Å². The summed E-state index contributed by atoms with van der Waals surface area (Å²) < 4.78 is 11.1. The lowest BCUT2D eigenvalue weighted by molar-refractivity contribution is 0.364. The number of thiophene rings is 1. The van der Waals surface area contributed by atoms with Crippen molar-refractivity contribution >= 4 is 24.8 Å². The SMILES string of the molecule is CC(Nc1cccc(-c2cccs2)n1)P(=O)(O)O. The van der Waals surface area contributed by atoms with Gasteiger partial charge in [0.2, 0.25) is 0 Å². The van der Waals surface area contributed by atoms with Crippen molar-refractivity contribution < 1.29 is 14.4 Å². The third-order valence-corrected chi connectivity index (χ3v) is 4.41. The van der Waals surface area contributed by atoms with Gasteiger partial charge in [-0.2, -0.15) is 0 Å². The van der Waals surface area contributed by atoms with Gasteiger partial charge in [-0.05, 0) is 30.5 Å². The molecule has 96 valence electrons. The fourth-order valence-corrected chi connectivity index (χ4v) is 2.37. The summed E-state index contributed by atoms with van der Waals surface area (Å²) in [6.07, 6.45) is 0. The van der Waals surface area contributed by atoms with E-state index in [9.17, 15) is 4.57 Å². The molecule has 0 aliphatic carbocycles. The molecule has 0 fully saturated rings. The Hall–Kier alpha value is -1.20. The van der Waals surface area contributed by atoms with Crippen LogP contribution in [0, 0.1) is 0 Å². The quantitative estimate of drug-likeness (QED) is 0.752. The first-order valence-electron chi connectivity index (χ1n) is 5.29. The van der Waals surface area contributed by atoms with E-state index < -0.39 is 13.4 Å². The summed E-state index contributed by atoms with van der Waals surface area (Å²) in [5.41, 5.74) is 0.785. The second-order valence-electron chi connectivity index (χ2n) is 3.79. The third kappa shape index (κ3) is 3.17. The molecule has 5 nitrogen and oxygen atoms in total. The summed E-state index contributed by atoms with van der Waals surface area (Å²) in [4.78, 5) is 23.4. The molecule has 0 aliphatic heterocycles. The minimum absolute atomic E-state index is 0.455. The highest BCUT2D eigenvalue weighted by molar-refractivity contribution is 7.52. The van der Waals surface area contributed by atoms with Gasteiger partial charge in [0.15, 0.2) is 0 Å². The van der Waals surface area contributed by atoms with Crippen LogP contribution in [0.3, 0.4) is 0 Å². The van der Waals surface area contributed by atoms with Crippen molar-refractivity contribution in [1.29, 1.82) is 0 Å². The second kappa shape index (κ2) is 5.20. The number of pyridine rings is 1. The van der Waals surface area contributed by atoms with Gasteiger partial charge in [0.05, 0.1) is 10.6 Å². The monoisotopic (exact) mass is 284 g/mol. The van der Waals surface area contributed by atoms with E-state index in [1.165, 1.54) is 6.92 Å². The first kappa shape index (κ1) is 13.2. The lowest BCUT2D eigenvalue weighted by atomic mass is 10.3. The lowest BCUT2D eigenvalue weighted by Crippen LogP contribution is -2.16. The van der Waals surface area contributed by atoms with Gasteiger partial charge in [0.25, 0.3) is 0 Å². The second-order valence-corrected chi connectivity index (χ2v) is 6.70. The molecule has 2 rings (SSSR count). The van der Waals surface area contributed by atoms with Crippen molar-refractivity contribution in [2.75, 3.05) is 5.32 Å². The fraction of sp³-hybridized carbons (Fsp3) is 0.182. The fourth-order valence-electron chi connectivity index (χ4n) is 1.37. The summed E-state index contributed by atoms with van der Waals surface area (Å²) in [5, 5.41) is 4.67. The summed E-state index contributed by atoms with van der Waals surface area (Å²) in [6, 6.07) is 9.22. The van der Waals surface area contributed by atoms with E-state index in [0.717, 1.165) is 10.6 Å². The first-order chi connectivity index (χ1) is 8.47. The van der Waals surface area contributed by atoms with E-state index in [0.29, 0.717) is 5.82 Å². The Bertz CT molecular complexity index is 567. The maximum Gasteiger partial charge on any atom is 0.347 e. The minimum Gasteiger partial charge on any atom is -0.356 e. The molecule has 0 aromatic carbocycles. The lowest BCUT2D eigenvalue weighted by Gasteiger charge is -2.15. The molecule has 2 heterocycles. The molecule has 1 unspecified atom stereocenters. The molecule has 2 aromatic heterocycles. The van der Waals surface area contributed by atoms with Gasteiger partial charge in [-0.15, -0.1) is 11.3 Å². The van der Waals surface area contributed by atoms with Gasteiger partial charge < -0.3 is 15.1 Å². The molecule has 2 aromatic rings. The molecule has 3 N–H and O–H groups in total. The Balaban J connectivity index is 2.21. The molecule has 0 amide bonds. The Labute approximate surface area is 109 Å². The molecule has 1 atom stereocenters. The summed E-state index contributed by atoms with van der Waals surface area (Å²) in [6.45, 7) is 1.43. The van der Waals surface area contributed by atoms with Crippen molar-refractivity contribution in [2.24, 2.45) is 0 Å². The number of anilines is 1. The van der Waals surface area contributed by atoms with Crippen LogP contribution in [0.1, 0.15) is 6.92 Å². The molecule has 0 spiro atoms. The van der Waals surface area contributed by atoms with Gasteiger partial charge in [0, 0.05) is 0 Å². The number of aromatic nitrogens is 1. The Morgan fingerprint density at radius 3 is 2.72 bits per heavy atom. The number of nitrogens with zero attached hydrogens (tertiary/aromatic N) is 1. The van der Waals surface area contributed by atoms with Crippen molar-refractivity contribution in [1.82, 2.24) is 4.98 Å². The Morgan fingerprint density at radius 1 is 1.33 bits per heavy atom. The van der Waals surface area contributed by atoms with Crippen LogP contribution in [0.2, 0.25) is 0 Å². The van der Waals surface area contributed by atoms with Gasteiger partial charge in [-0.1, -0.05) is 12.1 Å². The minimum atomic E-state index is -4.15. The van der Waals surface area contributed by atoms with E-state index in [4.69, 9.17) is 9.79 Å². The van der Waals surface area contributed by atoms with Gasteiger partial charge in [-0.25, -0.2) is 4.98 Å². The van der Waals surface area contributed by atoms with Crippen LogP contribution in [0.5, 0.6) is 0 Å². The van der Waals surface area contributed by atoms with Crippen molar-refractivity contribution in [3.63, 3.8) is 0 Å². The maximum atomic E-state index is 11.1. The van der Waals surface area contributed by atoms with Crippen molar-refractivity contribution in [3.8, 4) is 10.6 Å². The first-order valence-corrected chi connectivity index (χ1v) is 7.85. The average Bonchev–Trinajstić information content (AvgIpc) is 2.81. The highest BCUT2D eigenvalue weighted by Gasteiger charge is 2.23. The van der Waals surface area contributed by atoms with Crippen molar-refractivity contribution in [2.45, 2.75) is 12.7 Å². The van der Waals surface area contributed by atoms with Crippen LogP contribution in [-0.2, 0) is 4.57 Å². The van der Waals surface area contributed by atoms with Crippen LogP contribution >= 0.6 is 18.9 Å². The number of hydrogen-bond acceptors (Lipinski definition) is 4. The molecule has 0 bridgehead atoms. The third-order valence-electron chi connectivity index (χ3n) is 2.38. The highest BCUT2D eigenvalue weighted by atomic mass is 32.1. The average molecular weight is 284 g/mol. The molecule has 0 radical (unpaired) electrons. The normalized spacial score (nSPS) is 13.3. The van der Waals surface area contributed by atoms with Crippen LogP contribution in [0.25, 0.3) is 10.6 Å². The smallest absolute Gasteiger partial charge is 0.347 e. The van der Waals surface area contributed by atoms with E-state index >= 15 is 0 Å². The topological polar surface area (TPSA) is 82.5 Å². The Kier molecular flexibility index (Phi) is 3.82. The largest absolute Gasteiger partial charge is 0.356 e. The summed E-state index contributed by atoms with van der Waals surface area (Å²) in [7, 11) is -4.15. The zero-order valence-corrected chi connectivity index (χ0v) is 11.4. The molecule has 0 saturated heterocycles. The van der Waals surface area contributed by atoms with Crippen LogP contribution in [-0.4, -0.2) is 20.6 Å². The molecular formula is C11H13N2O3PS. The molecule has 0 aliphatic rings. The van der Waals surface area contributed by atoms with E-state index in [1.54, 1.807) is 23.5 Å². The maximum absolute atomic E-state index is 11.1. The zero-order valence-electron chi connectivity index (χ0n) is 9.65. The molecule has 18 heavy (non-hydrogen) atoms. The predicted molar refractivity (Wildman–Crippen MR) is 72.7 cm³/mol. The Morgan fingerprint density at radius 2 is 2.11 bits per heavy atom. The molecular weight excluding hydrogens is 271 g/mol. The van der Waals surface area contributed by atoms with Gasteiger partial charge >= 0.3 is 7.60 Å². The predicted octanol–water partition coefficient (Wildman–Crippen LogP) is 2.75. The van der Waals surface area contributed by atoms with Gasteiger partial charge in [0.1, 0.15) is 11.6 Å². The van der Waals surface area contributed by atoms with E-state index in [-0.39, 0.29) is 0 Å². The summed E-state index contributed by atoms with van der Waals surface area (Å²) in [5.74, 6) is -0.500. The van der Waals surface area contributed by atoms with Crippen LogP contribution < -0.4 is 5.32 Å². The molecule has 7 heteroatoms. The number of rotatable bonds is 4. The van der Waals surface area contributed by atoms with Crippen LogP contribution in [0.15, 0.2) is 35.7 Å². The molecule has 0 saturated carbocycles. The summed E-state index contributed by atoms with van der Waals surface area (Å²) >= 11 is 1.57. The standard InChI is InChI=1S/C11H13N2O3PS/c1-8(17(14,15)16)12-11-6-2-4-9(13-11)10-5-3-7-18-10/h2-8H,1H3,(H,12,13)(H2,14,15,16). The number of nitrogens with one attached hydrogen (secondary N) is 1. The van der Waals surface area contributed by atoms with Crippen molar-refractivity contribution in [3.05, 3.63) is 35.7 Å². The number of hydrogen-bond donors (Lipinski definition) is 3. The van der Waals surface area contributed by atoms with E-state index in [1.807, 2.05) is 23.6 Å². The van der Waals surface area contributed by atoms with E-state index in [2.05, 4.69) is 10.3 Å². The highest BCUT2D eigenvalue weighted by Crippen LogP contribution is 2.40.